The van der Waals surface area contributed by atoms with E-state index in [9.17, 15) is 4.79 Å². The third kappa shape index (κ3) is 4.35. The van der Waals surface area contributed by atoms with Crippen molar-refractivity contribution < 1.29 is 4.79 Å². The van der Waals surface area contributed by atoms with Gasteiger partial charge in [-0.15, -0.1) is 11.3 Å². The lowest BCUT2D eigenvalue weighted by Crippen LogP contribution is -2.42. The SMILES string of the molecule is CCN(Cc1ccc(Cl)s1)C(=O)C1CCN(c2ccc(C#N)cn2)CC1. The molecule has 136 valence electrons. The number of nitriles is 1. The number of piperidine rings is 1. The number of carbonyl (C=O) groups is 1. The summed E-state index contributed by atoms with van der Waals surface area (Å²) in [4.78, 5) is 22.5. The number of carbonyl (C=O) groups excluding carboxylic acids is 1. The zero-order valence-electron chi connectivity index (χ0n) is 14.7. The van der Waals surface area contributed by atoms with Gasteiger partial charge >= 0.3 is 0 Å². The van der Waals surface area contributed by atoms with Gasteiger partial charge in [0.05, 0.1) is 16.4 Å². The van der Waals surface area contributed by atoms with Crippen LogP contribution in [0.5, 0.6) is 0 Å². The summed E-state index contributed by atoms with van der Waals surface area (Å²) in [6.07, 6.45) is 3.24. The van der Waals surface area contributed by atoms with Gasteiger partial charge in [0.25, 0.3) is 0 Å². The van der Waals surface area contributed by atoms with Crippen LogP contribution >= 0.6 is 22.9 Å². The number of aromatic nitrogens is 1. The summed E-state index contributed by atoms with van der Waals surface area (Å²) >= 11 is 7.52. The van der Waals surface area contributed by atoms with E-state index in [-0.39, 0.29) is 11.8 Å². The van der Waals surface area contributed by atoms with Gasteiger partial charge < -0.3 is 9.80 Å². The third-order valence-corrected chi connectivity index (χ3v) is 5.93. The second kappa shape index (κ2) is 8.52. The Morgan fingerprint density at radius 1 is 1.38 bits per heavy atom. The molecule has 26 heavy (non-hydrogen) atoms. The van der Waals surface area contributed by atoms with Crippen LogP contribution in [0.3, 0.4) is 0 Å². The number of hydrogen-bond acceptors (Lipinski definition) is 5. The average molecular weight is 389 g/mol. The first-order valence-electron chi connectivity index (χ1n) is 8.74. The first-order chi connectivity index (χ1) is 12.6. The highest BCUT2D eigenvalue weighted by Crippen LogP contribution is 2.26. The molecule has 0 unspecified atom stereocenters. The van der Waals surface area contributed by atoms with E-state index in [1.54, 1.807) is 12.3 Å². The predicted molar refractivity (Wildman–Crippen MR) is 104 cm³/mol. The maximum Gasteiger partial charge on any atom is 0.226 e. The topological polar surface area (TPSA) is 60.2 Å². The highest BCUT2D eigenvalue weighted by atomic mass is 35.5. The van der Waals surface area contributed by atoms with Crippen LogP contribution < -0.4 is 4.90 Å². The number of anilines is 1. The number of nitrogens with zero attached hydrogens (tertiary/aromatic N) is 4. The molecule has 0 saturated carbocycles. The lowest BCUT2D eigenvalue weighted by molar-refractivity contribution is -0.136. The Labute approximate surface area is 162 Å². The van der Waals surface area contributed by atoms with Crippen LogP contribution in [0.4, 0.5) is 5.82 Å². The molecule has 0 radical (unpaired) electrons. The van der Waals surface area contributed by atoms with Crippen molar-refractivity contribution in [2.45, 2.75) is 26.3 Å². The van der Waals surface area contributed by atoms with Crippen LogP contribution in [0.1, 0.15) is 30.2 Å². The Morgan fingerprint density at radius 3 is 2.69 bits per heavy atom. The van der Waals surface area contributed by atoms with Gasteiger partial charge in [-0.05, 0) is 44.0 Å². The van der Waals surface area contributed by atoms with Crippen LogP contribution in [0.25, 0.3) is 0 Å². The molecule has 0 N–H and O–H groups in total. The maximum atomic E-state index is 12.9. The van der Waals surface area contributed by atoms with Gasteiger partial charge in [-0.2, -0.15) is 5.26 Å². The molecule has 1 aliphatic heterocycles. The van der Waals surface area contributed by atoms with Crippen LogP contribution in [-0.2, 0) is 11.3 Å². The van der Waals surface area contributed by atoms with Gasteiger partial charge in [0.1, 0.15) is 11.9 Å². The van der Waals surface area contributed by atoms with Crippen molar-refractivity contribution in [1.82, 2.24) is 9.88 Å². The van der Waals surface area contributed by atoms with Gasteiger partial charge in [0.2, 0.25) is 5.91 Å². The highest BCUT2D eigenvalue weighted by Gasteiger charge is 2.28. The van der Waals surface area contributed by atoms with E-state index in [1.807, 2.05) is 30.0 Å². The van der Waals surface area contributed by atoms with E-state index in [0.29, 0.717) is 18.7 Å². The Bertz CT molecular complexity index is 791. The maximum absolute atomic E-state index is 12.9. The summed E-state index contributed by atoms with van der Waals surface area (Å²) in [5.74, 6) is 1.15. The fourth-order valence-electron chi connectivity index (χ4n) is 3.22. The molecule has 3 heterocycles. The van der Waals surface area contributed by atoms with Gasteiger partial charge in [-0.25, -0.2) is 4.98 Å². The van der Waals surface area contributed by atoms with Crippen molar-refractivity contribution in [2.75, 3.05) is 24.5 Å². The number of halogens is 1. The summed E-state index contributed by atoms with van der Waals surface area (Å²) in [5, 5.41) is 8.86. The van der Waals surface area contributed by atoms with Crippen LogP contribution in [0.15, 0.2) is 30.5 Å². The predicted octanol–water partition coefficient (Wildman–Crippen LogP) is 3.93. The molecule has 0 atom stereocenters. The first-order valence-corrected chi connectivity index (χ1v) is 9.94. The van der Waals surface area contributed by atoms with Gasteiger partial charge in [-0.1, -0.05) is 11.6 Å². The molecule has 2 aromatic rings. The molecule has 0 bridgehead atoms. The quantitative estimate of drug-likeness (QED) is 0.778. The van der Waals surface area contributed by atoms with E-state index in [2.05, 4.69) is 16.0 Å². The largest absolute Gasteiger partial charge is 0.357 e. The Morgan fingerprint density at radius 2 is 2.15 bits per heavy atom. The number of pyridine rings is 1. The van der Waals surface area contributed by atoms with E-state index < -0.39 is 0 Å². The lowest BCUT2D eigenvalue weighted by Gasteiger charge is -2.34. The number of amides is 1. The Kier molecular flexibility index (Phi) is 6.12. The van der Waals surface area contributed by atoms with Gasteiger partial charge in [-0.3, -0.25) is 4.79 Å². The minimum Gasteiger partial charge on any atom is -0.357 e. The summed E-state index contributed by atoms with van der Waals surface area (Å²) in [6.45, 7) is 4.95. The van der Waals surface area contributed by atoms with Crippen LogP contribution in [0, 0.1) is 17.2 Å². The average Bonchev–Trinajstić information content (AvgIpc) is 3.10. The van der Waals surface area contributed by atoms with Crippen molar-refractivity contribution in [3.63, 3.8) is 0 Å². The third-order valence-electron chi connectivity index (χ3n) is 4.71. The molecule has 0 aromatic carbocycles. The number of hydrogen-bond donors (Lipinski definition) is 0. The normalized spacial score (nSPS) is 14.9. The first kappa shape index (κ1) is 18.7. The summed E-state index contributed by atoms with van der Waals surface area (Å²) in [7, 11) is 0. The van der Waals surface area contributed by atoms with Gasteiger partial charge in [0.15, 0.2) is 0 Å². The summed E-state index contributed by atoms with van der Waals surface area (Å²) < 4.78 is 0.756. The molecular weight excluding hydrogens is 368 g/mol. The molecule has 1 aliphatic rings. The van der Waals surface area contributed by atoms with Crippen molar-refractivity contribution >= 4 is 34.7 Å². The van der Waals surface area contributed by atoms with E-state index >= 15 is 0 Å². The van der Waals surface area contributed by atoms with E-state index in [4.69, 9.17) is 16.9 Å². The smallest absolute Gasteiger partial charge is 0.226 e. The molecular formula is C19H21ClN4OS. The molecule has 1 fully saturated rings. The van der Waals surface area contributed by atoms with Crippen molar-refractivity contribution in [3.8, 4) is 6.07 Å². The summed E-state index contributed by atoms with van der Waals surface area (Å²) in [6, 6.07) is 9.60. The van der Waals surface area contributed by atoms with Crippen molar-refractivity contribution in [3.05, 3.63) is 45.2 Å². The van der Waals surface area contributed by atoms with Crippen LogP contribution in [-0.4, -0.2) is 35.4 Å². The molecule has 2 aromatic heterocycles. The zero-order valence-corrected chi connectivity index (χ0v) is 16.3. The van der Waals surface area contributed by atoms with Crippen molar-refractivity contribution in [1.29, 1.82) is 5.26 Å². The fraction of sp³-hybridized carbons (Fsp3) is 0.421. The lowest BCUT2D eigenvalue weighted by atomic mass is 9.95. The minimum atomic E-state index is 0.0556. The zero-order chi connectivity index (χ0) is 18.5. The monoisotopic (exact) mass is 388 g/mol. The Hall–Kier alpha value is -2.10. The Balaban J connectivity index is 1.57. The molecule has 5 nitrogen and oxygen atoms in total. The van der Waals surface area contributed by atoms with E-state index in [0.717, 1.165) is 41.0 Å². The highest BCUT2D eigenvalue weighted by molar-refractivity contribution is 7.16. The molecule has 7 heteroatoms. The number of thiophene rings is 1. The second-order valence-electron chi connectivity index (χ2n) is 6.34. The van der Waals surface area contributed by atoms with Gasteiger partial charge in [0, 0.05) is 36.6 Å². The second-order valence-corrected chi connectivity index (χ2v) is 8.14. The standard InChI is InChI=1S/C19H21ClN4OS/c1-2-23(13-16-4-5-17(20)26-16)19(25)15-7-9-24(10-8-15)18-6-3-14(11-21)12-22-18/h3-6,12,15H,2,7-10,13H2,1H3. The fourth-order valence-corrected chi connectivity index (χ4v) is 4.33. The molecule has 3 rings (SSSR count). The molecule has 0 aliphatic carbocycles. The number of rotatable bonds is 5. The van der Waals surface area contributed by atoms with Crippen LogP contribution in [0.2, 0.25) is 4.34 Å². The minimum absolute atomic E-state index is 0.0556. The van der Waals surface area contributed by atoms with Crippen molar-refractivity contribution in [2.24, 2.45) is 5.92 Å². The molecule has 1 amide bonds. The van der Waals surface area contributed by atoms with E-state index in [1.165, 1.54) is 11.3 Å². The summed E-state index contributed by atoms with van der Waals surface area (Å²) in [5.41, 5.74) is 0.561. The molecule has 0 spiro atoms. The molecule has 1 saturated heterocycles.